The van der Waals surface area contributed by atoms with Crippen molar-refractivity contribution in [2.24, 2.45) is 0 Å². The van der Waals surface area contributed by atoms with Crippen molar-refractivity contribution in [3.05, 3.63) is 46.9 Å². The van der Waals surface area contributed by atoms with Crippen molar-refractivity contribution < 1.29 is 9.47 Å². The molecule has 0 aliphatic rings. The Kier molecular flexibility index (Phi) is 3.72. The van der Waals surface area contributed by atoms with E-state index in [2.05, 4.69) is 9.97 Å². The molecule has 0 aliphatic carbocycles. The van der Waals surface area contributed by atoms with Gasteiger partial charge in [0.05, 0.1) is 7.11 Å². The molecule has 1 aromatic carbocycles. The van der Waals surface area contributed by atoms with Gasteiger partial charge >= 0.3 is 0 Å². The first kappa shape index (κ1) is 11.6. The summed E-state index contributed by atoms with van der Waals surface area (Å²) in [4.78, 5) is 6.91. The summed E-state index contributed by atoms with van der Waals surface area (Å²) >= 11 is 5.04. The molecular formula is C12H12N2O2S. The third kappa shape index (κ3) is 3.04. The first-order chi connectivity index (χ1) is 8.29. The Balaban J connectivity index is 2.02. The summed E-state index contributed by atoms with van der Waals surface area (Å²) in [5.41, 5.74) is 1.03. The van der Waals surface area contributed by atoms with Crippen molar-refractivity contribution in [3.8, 4) is 11.6 Å². The third-order valence-electron chi connectivity index (χ3n) is 2.21. The maximum atomic E-state index is 5.51. The second-order valence-electron chi connectivity index (χ2n) is 3.36. The zero-order valence-electron chi connectivity index (χ0n) is 9.34. The van der Waals surface area contributed by atoms with Crippen LogP contribution < -0.4 is 9.47 Å². The van der Waals surface area contributed by atoms with Gasteiger partial charge in [0.1, 0.15) is 12.4 Å². The zero-order valence-corrected chi connectivity index (χ0v) is 10.2. The number of aromatic nitrogens is 2. The number of benzene rings is 1. The molecule has 0 aliphatic heterocycles. The molecule has 0 radical (unpaired) electrons. The average molecular weight is 248 g/mol. The van der Waals surface area contributed by atoms with Gasteiger partial charge in [-0.05, 0) is 17.7 Å². The second kappa shape index (κ2) is 5.45. The van der Waals surface area contributed by atoms with Crippen LogP contribution in [0.4, 0.5) is 0 Å². The van der Waals surface area contributed by atoms with Crippen LogP contribution in [0.5, 0.6) is 11.6 Å². The van der Waals surface area contributed by atoms with E-state index in [-0.39, 0.29) is 0 Å². The Hall–Kier alpha value is -1.88. The molecule has 17 heavy (non-hydrogen) atoms. The van der Waals surface area contributed by atoms with Crippen molar-refractivity contribution in [3.63, 3.8) is 0 Å². The summed E-state index contributed by atoms with van der Waals surface area (Å²) in [5, 5.41) is 0. The number of nitrogens with zero attached hydrogens (tertiary/aromatic N) is 1. The van der Waals surface area contributed by atoms with E-state index in [1.807, 2.05) is 24.3 Å². The van der Waals surface area contributed by atoms with Gasteiger partial charge in [-0.1, -0.05) is 24.4 Å². The molecule has 0 spiro atoms. The van der Waals surface area contributed by atoms with Gasteiger partial charge < -0.3 is 14.5 Å². The van der Waals surface area contributed by atoms with Crippen LogP contribution in [0, 0.1) is 4.64 Å². The van der Waals surface area contributed by atoms with Crippen LogP contribution in [0.3, 0.4) is 0 Å². The molecule has 0 unspecified atom stereocenters. The highest BCUT2D eigenvalue weighted by molar-refractivity contribution is 7.71. The number of hydrogen-bond donors (Lipinski definition) is 1. The van der Waals surface area contributed by atoms with Crippen molar-refractivity contribution >= 4 is 12.2 Å². The lowest BCUT2D eigenvalue weighted by atomic mass is 10.2. The lowest BCUT2D eigenvalue weighted by Gasteiger charge is -2.05. The van der Waals surface area contributed by atoms with E-state index >= 15 is 0 Å². The normalized spacial score (nSPS) is 9.94. The summed E-state index contributed by atoms with van der Waals surface area (Å²) in [6.45, 7) is 0.429. The second-order valence-corrected chi connectivity index (χ2v) is 3.77. The predicted octanol–water partition coefficient (Wildman–Crippen LogP) is 2.73. The molecule has 1 N–H and O–H groups in total. The van der Waals surface area contributed by atoms with Gasteiger partial charge in [-0.15, -0.1) is 0 Å². The van der Waals surface area contributed by atoms with Gasteiger partial charge in [0.15, 0.2) is 4.64 Å². The van der Waals surface area contributed by atoms with Gasteiger partial charge in [-0.2, -0.15) is 0 Å². The number of H-pyrrole nitrogens is 1. The molecule has 0 fully saturated rings. The third-order valence-corrected chi connectivity index (χ3v) is 2.50. The molecule has 0 saturated carbocycles. The summed E-state index contributed by atoms with van der Waals surface area (Å²) in [6, 6.07) is 7.65. The first-order valence-corrected chi connectivity index (χ1v) is 5.50. The van der Waals surface area contributed by atoms with Gasteiger partial charge in [0.2, 0.25) is 5.88 Å². The minimum Gasteiger partial charge on any atom is -0.497 e. The average Bonchev–Trinajstić information content (AvgIpc) is 2.38. The van der Waals surface area contributed by atoms with Crippen molar-refractivity contribution in [2.45, 2.75) is 6.61 Å². The molecule has 0 bridgehead atoms. The zero-order chi connectivity index (χ0) is 12.1. The van der Waals surface area contributed by atoms with E-state index in [0.29, 0.717) is 17.1 Å². The lowest BCUT2D eigenvalue weighted by molar-refractivity contribution is 0.291. The number of rotatable bonds is 4. The summed E-state index contributed by atoms with van der Waals surface area (Å²) in [6.07, 6.45) is 3.28. The molecule has 2 aromatic rings. The molecule has 4 nitrogen and oxygen atoms in total. The summed E-state index contributed by atoms with van der Waals surface area (Å²) in [7, 11) is 1.64. The fraction of sp³-hybridized carbons (Fsp3) is 0.167. The smallest absolute Gasteiger partial charge is 0.249 e. The van der Waals surface area contributed by atoms with Crippen LogP contribution in [0.1, 0.15) is 5.56 Å². The summed E-state index contributed by atoms with van der Waals surface area (Å²) < 4.78 is 11.1. The lowest BCUT2D eigenvalue weighted by Crippen LogP contribution is -1.98. The highest BCUT2D eigenvalue weighted by Crippen LogP contribution is 2.13. The SMILES string of the molecule is COc1ccc(COc2ncc[nH]c2=S)cc1. The Morgan fingerprint density at radius 3 is 2.71 bits per heavy atom. The molecule has 1 aromatic heterocycles. The predicted molar refractivity (Wildman–Crippen MR) is 66.7 cm³/mol. The van der Waals surface area contributed by atoms with E-state index in [0.717, 1.165) is 11.3 Å². The highest BCUT2D eigenvalue weighted by atomic mass is 32.1. The molecule has 88 valence electrons. The van der Waals surface area contributed by atoms with E-state index in [1.165, 1.54) is 0 Å². The van der Waals surface area contributed by atoms with Gasteiger partial charge in [0, 0.05) is 12.4 Å². The minimum absolute atomic E-state index is 0.429. The van der Waals surface area contributed by atoms with Gasteiger partial charge in [-0.3, -0.25) is 0 Å². The summed E-state index contributed by atoms with van der Waals surface area (Å²) in [5.74, 6) is 1.27. The van der Waals surface area contributed by atoms with Crippen molar-refractivity contribution in [2.75, 3.05) is 7.11 Å². The fourth-order valence-corrected chi connectivity index (χ4v) is 1.49. The number of ether oxygens (including phenoxy) is 2. The maximum Gasteiger partial charge on any atom is 0.249 e. The van der Waals surface area contributed by atoms with Gasteiger partial charge in [0.25, 0.3) is 0 Å². The van der Waals surface area contributed by atoms with Crippen LogP contribution in [0.25, 0.3) is 0 Å². The minimum atomic E-state index is 0.429. The molecule has 5 heteroatoms. The van der Waals surface area contributed by atoms with Crippen LogP contribution in [0.2, 0.25) is 0 Å². The van der Waals surface area contributed by atoms with Gasteiger partial charge in [-0.25, -0.2) is 4.98 Å². The van der Waals surface area contributed by atoms with Crippen molar-refractivity contribution in [1.29, 1.82) is 0 Å². The van der Waals surface area contributed by atoms with Crippen LogP contribution in [-0.2, 0) is 6.61 Å². The molecule has 0 amide bonds. The standard InChI is InChI=1S/C12H12N2O2S/c1-15-10-4-2-9(3-5-10)8-16-11-12(17)14-7-6-13-11/h2-7H,8H2,1H3,(H,14,17). The van der Waals surface area contributed by atoms with Crippen LogP contribution in [-0.4, -0.2) is 17.1 Å². The Morgan fingerprint density at radius 1 is 1.29 bits per heavy atom. The largest absolute Gasteiger partial charge is 0.497 e. The van der Waals surface area contributed by atoms with E-state index in [1.54, 1.807) is 19.5 Å². The van der Waals surface area contributed by atoms with E-state index in [9.17, 15) is 0 Å². The number of nitrogens with one attached hydrogen (secondary N) is 1. The van der Waals surface area contributed by atoms with E-state index in [4.69, 9.17) is 21.7 Å². The molecular weight excluding hydrogens is 236 g/mol. The van der Waals surface area contributed by atoms with Crippen molar-refractivity contribution in [1.82, 2.24) is 9.97 Å². The number of hydrogen-bond acceptors (Lipinski definition) is 4. The molecule has 1 heterocycles. The quantitative estimate of drug-likeness (QED) is 0.845. The maximum absolute atomic E-state index is 5.51. The van der Waals surface area contributed by atoms with E-state index < -0.39 is 0 Å². The number of aromatic amines is 1. The molecule has 0 atom stereocenters. The Morgan fingerprint density at radius 2 is 2.06 bits per heavy atom. The molecule has 0 saturated heterocycles. The first-order valence-electron chi connectivity index (χ1n) is 5.09. The Bertz CT molecular complexity index is 537. The van der Waals surface area contributed by atoms with Crippen LogP contribution in [0.15, 0.2) is 36.7 Å². The highest BCUT2D eigenvalue weighted by Gasteiger charge is 1.99. The Labute approximate surface area is 104 Å². The molecule has 2 rings (SSSR count). The number of methoxy groups -OCH3 is 1. The van der Waals surface area contributed by atoms with Crippen LogP contribution >= 0.6 is 12.2 Å². The topological polar surface area (TPSA) is 47.1 Å². The monoisotopic (exact) mass is 248 g/mol. The fourth-order valence-electron chi connectivity index (χ4n) is 1.31.